The standard InChI is InChI=1S/C96H108N18O6/c1-4-76-79(55-82(91(115)103-49-43-97-58-70-37-31-64-19-7-13-25-85(64)109-70)92(116)104-50-44-98-59-71-38-32-65-20-8-14-26-86(65)110-71)77(5-2)81(57-84(95(119)107-53-47-101-62-74-41-35-68-23-11-17-29-89(68)113-74)96(120)108-54-48-102-63-75-42-36-69-24-12-18-30-90(69)114-75)78(6-3)80(76)56-83(93(117)105-51-45-99-60-72-39-33-66-21-9-15-27-87(66)111-72)94(118)106-52-46-100-61-73-40-34-67-22-10-16-28-88(67)112-73/h7-42,82-84,97-102H,4-6,43-63H2,1-3H3,(H,103,115)(H,104,116)(H,105,117)(H,106,118)(H,107,119)(H,108,120). The van der Waals surface area contributed by atoms with Gasteiger partial charge in [-0.25, -0.2) is 0 Å². The van der Waals surface area contributed by atoms with Gasteiger partial charge in [0, 0.05) is 150 Å². The molecule has 24 nitrogen and oxygen atoms in total. The highest BCUT2D eigenvalue weighted by molar-refractivity contribution is 6.03. The van der Waals surface area contributed by atoms with Gasteiger partial charge in [-0.2, -0.15) is 0 Å². The highest BCUT2D eigenvalue weighted by Crippen LogP contribution is 2.36. The third-order valence-corrected chi connectivity index (χ3v) is 21.7. The molecule has 6 amide bonds. The first-order valence-corrected chi connectivity index (χ1v) is 42.0. The molecule has 0 unspecified atom stereocenters. The van der Waals surface area contributed by atoms with Gasteiger partial charge >= 0.3 is 0 Å². The summed E-state index contributed by atoms with van der Waals surface area (Å²) in [6.45, 7) is 11.7. The first-order valence-electron chi connectivity index (χ1n) is 42.0. The van der Waals surface area contributed by atoms with E-state index in [1.807, 2.05) is 239 Å². The molecular formula is C96H108N18O6. The van der Waals surface area contributed by atoms with Crippen LogP contribution < -0.4 is 63.8 Å². The van der Waals surface area contributed by atoms with Crippen molar-refractivity contribution < 1.29 is 28.8 Å². The Morgan fingerprint density at radius 2 is 0.383 bits per heavy atom. The predicted molar refractivity (Wildman–Crippen MR) is 475 cm³/mol. The Bertz CT molecular complexity index is 4840. The molecule has 13 rings (SSSR count). The number of benzene rings is 7. The molecule has 13 aromatic rings. The lowest BCUT2D eigenvalue weighted by Gasteiger charge is -2.30. The van der Waals surface area contributed by atoms with Crippen LogP contribution >= 0.6 is 0 Å². The zero-order valence-electron chi connectivity index (χ0n) is 68.6. The van der Waals surface area contributed by atoms with Crippen molar-refractivity contribution in [1.82, 2.24) is 93.7 Å². The van der Waals surface area contributed by atoms with Crippen LogP contribution in [0.5, 0.6) is 0 Å². The summed E-state index contributed by atoms with van der Waals surface area (Å²) in [5, 5.41) is 45.4. The highest BCUT2D eigenvalue weighted by Gasteiger charge is 2.36. The summed E-state index contributed by atoms with van der Waals surface area (Å²) in [4.78, 5) is 121. The van der Waals surface area contributed by atoms with E-state index in [2.05, 4.69) is 63.8 Å². The van der Waals surface area contributed by atoms with Crippen LogP contribution in [0.3, 0.4) is 0 Å². The molecule has 24 heteroatoms. The van der Waals surface area contributed by atoms with Crippen LogP contribution in [0.1, 0.15) is 88.3 Å². The summed E-state index contributed by atoms with van der Waals surface area (Å²) in [5.41, 5.74) is 14.4. The number of carbonyl (C=O) groups is 6. The first kappa shape index (κ1) is 85.5. The topological polar surface area (TPSA) is 324 Å². The zero-order valence-corrected chi connectivity index (χ0v) is 68.6. The fourth-order valence-corrected chi connectivity index (χ4v) is 15.6. The van der Waals surface area contributed by atoms with E-state index in [0.29, 0.717) is 114 Å². The van der Waals surface area contributed by atoms with Gasteiger partial charge in [0.1, 0.15) is 17.8 Å². The van der Waals surface area contributed by atoms with E-state index in [4.69, 9.17) is 29.9 Å². The Balaban J connectivity index is 0.822. The van der Waals surface area contributed by atoms with Crippen molar-refractivity contribution in [3.05, 3.63) is 286 Å². The number of hydrogen-bond acceptors (Lipinski definition) is 18. The van der Waals surface area contributed by atoms with Gasteiger partial charge in [0.2, 0.25) is 35.4 Å². The zero-order chi connectivity index (χ0) is 83.2. The monoisotopic (exact) mass is 1610 g/mol. The number of amides is 6. The number of rotatable bonds is 45. The summed E-state index contributed by atoms with van der Waals surface area (Å²) in [5.74, 6) is -7.08. The lowest BCUT2D eigenvalue weighted by Crippen LogP contribution is -2.46. The molecule has 0 atom stereocenters. The maximum absolute atomic E-state index is 15.4. The van der Waals surface area contributed by atoms with E-state index in [-0.39, 0.29) is 58.5 Å². The van der Waals surface area contributed by atoms with E-state index in [9.17, 15) is 0 Å². The molecule has 0 aliphatic heterocycles. The second-order valence-electron chi connectivity index (χ2n) is 30.0. The molecule has 6 aromatic heterocycles. The minimum absolute atomic E-state index is 0.117. The molecule has 6 heterocycles. The summed E-state index contributed by atoms with van der Waals surface area (Å²) < 4.78 is 0. The van der Waals surface area contributed by atoms with Crippen LogP contribution in [0.25, 0.3) is 65.4 Å². The Morgan fingerprint density at radius 3 is 0.550 bits per heavy atom. The predicted octanol–water partition coefficient (Wildman–Crippen LogP) is 9.58. The van der Waals surface area contributed by atoms with Crippen LogP contribution in [-0.2, 0) is 107 Å². The fourth-order valence-electron chi connectivity index (χ4n) is 15.6. The van der Waals surface area contributed by atoms with E-state index in [1.165, 1.54) is 0 Å². The van der Waals surface area contributed by atoms with Crippen LogP contribution in [0.15, 0.2) is 218 Å². The maximum atomic E-state index is 15.4. The second-order valence-corrected chi connectivity index (χ2v) is 30.0. The van der Waals surface area contributed by atoms with Gasteiger partial charge < -0.3 is 63.8 Å². The van der Waals surface area contributed by atoms with E-state index >= 15 is 28.8 Å². The van der Waals surface area contributed by atoms with Gasteiger partial charge in [-0.3, -0.25) is 58.7 Å². The van der Waals surface area contributed by atoms with Crippen LogP contribution in [0.2, 0.25) is 0 Å². The van der Waals surface area contributed by atoms with Gasteiger partial charge in [0.25, 0.3) is 0 Å². The normalized spacial score (nSPS) is 11.6. The highest BCUT2D eigenvalue weighted by atomic mass is 16.2. The molecule has 0 saturated carbocycles. The minimum atomic E-state index is -1.33. The van der Waals surface area contributed by atoms with Crippen molar-refractivity contribution in [2.45, 2.75) is 98.6 Å². The average molecular weight is 1610 g/mol. The first-order chi connectivity index (χ1) is 58.9. The molecule has 0 spiro atoms. The Morgan fingerprint density at radius 1 is 0.217 bits per heavy atom. The third kappa shape index (κ3) is 23.5. The number of aromatic nitrogens is 6. The van der Waals surface area contributed by atoms with Crippen molar-refractivity contribution in [1.29, 1.82) is 0 Å². The quantitative estimate of drug-likeness (QED) is 0.0125. The molecule has 0 saturated heterocycles. The average Bonchev–Trinajstić information content (AvgIpc) is 0.754. The molecule has 0 radical (unpaired) electrons. The van der Waals surface area contributed by atoms with E-state index in [0.717, 1.165) is 116 Å². The molecule has 12 N–H and O–H groups in total. The maximum Gasteiger partial charge on any atom is 0.232 e. The van der Waals surface area contributed by atoms with Gasteiger partial charge in [0.15, 0.2) is 0 Å². The lowest BCUT2D eigenvalue weighted by atomic mass is 9.75. The van der Waals surface area contributed by atoms with Crippen LogP contribution in [0, 0.1) is 17.8 Å². The molecule has 0 aliphatic carbocycles. The van der Waals surface area contributed by atoms with E-state index < -0.39 is 53.2 Å². The number of pyridine rings is 6. The number of carbonyl (C=O) groups excluding carboxylic acids is 6. The van der Waals surface area contributed by atoms with Crippen LogP contribution in [0.4, 0.5) is 0 Å². The number of hydrogen-bond donors (Lipinski definition) is 12. The Labute approximate surface area is 700 Å². The largest absolute Gasteiger partial charge is 0.354 e. The van der Waals surface area contributed by atoms with Crippen molar-refractivity contribution >= 4 is 101 Å². The van der Waals surface area contributed by atoms with E-state index in [1.54, 1.807) is 0 Å². The third-order valence-electron chi connectivity index (χ3n) is 21.7. The molecule has 7 aromatic carbocycles. The summed E-state index contributed by atoms with van der Waals surface area (Å²) in [6, 6.07) is 71.5. The molecule has 0 aliphatic rings. The fraction of sp³-hybridized carbons (Fsp3) is 0.312. The van der Waals surface area contributed by atoms with Gasteiger partial charge in [0.05, 0.1) is 67.3 Å². The van der Waals surface area contributed by atoms with Crippen LogP contribution in [-0.4, -0.2) is 144 Å². The Hall–Kier alpha value is -12.4. The van der Waals surface area contributed by atoms with Crippen molar-refractivity contribution in [2.24, 2.45) is 17.8 Å². The molecule has 0 bridgehead atoms. The number of para-hydroxylation sites is 6. The molecule has 0 fully saturated rings. The van der Waals surface area contributed by atoms with Crippen molar-refractivity contribution in [3.63, 3.8) is 0 Å². The van der Waals surface area contributed by atoms with Crippen molar-refractivity contribution in [2.75, 3.05) is 78.5 Å². The molecule has 120 heavy (non-hydrogen) atoms. The number of nitrogens with zero attached hydrogens (tertiary/aromatic N) is 6. The smallest absolute Gasteiger partial charge is 0.232 e. The van der Waals surface area contributed by atoms with Gasteiger partial charge in [-0.15, -0.1) is 0 Å². The number of nitrogens with one attached hydrogen (secondary N) is 12. The lowest BCUT2D eigenvalue weighted by molar-refractivity contribution is -0.136. The molecule has 618 valence electrons. The Kier molecular flexibility index (Phi) is 31.2. The SMILES string of the molecule is CCc1c(CC(C(=O)NCCNCc2ccc3ccccc3n2)C(=O)NCCNCc2ccc3ccccc3n2)c(CC)c(CC(C(=O)NCCNCc2ccc3ccccc3n2)C(=O)NCCNCc2ccc3ccccc3n2)c(CC)c1CC(C(=O)NCCNCc1ccc2ccccc2n1)C(=O)NCCNCc1ccc2ccccc2n1. The summed E-state index contributed by atoms with van der Waals surface area (Å²) >= 11 is 0. The summed E-state index contributed by atoms with van der Waals surface area (Å²) in [6.07, 6.45) is 0.701. The van der Waals surface area contributed by atoms with Gasteiger partial charge in [-0.1, -0.05) is 166 Å². The van der Waals surface area contributed by atoms with Gasteiger partial charge in [-0.05, 0) is 145 Å². The molecular weight excluding hydrogens is 1500 g/mol. The van der Waals surface area contributed by atoms with Crippen molar-refractivity contribution in [3.8, 4) is 0 Å². The summed E-state index contributed by atoms with van der Waals surface area (Å²) in [7, 11) is 0. The number of fused-ring (bicyclic) bond motifs is 6. The second kappa shape index (κ2) is 43.9. The minimum Gasteiger partial charge on any atom is -0.354 e.